The molecular weight excluding hydrogens is 334 g/mol. The maximum atomic E-state index is 6.21. The van der Waals surface area contributed by atoms with Gasteiger partial charge in [-0.05, 0) is 63.5 Å². The third-order valence-electron chi connectivity index (χ3n) is 5.85. The Hall–Kier alpha value is -1.91. The molecule has 0 radical (unpaired) electrons. The van der Waals surface area contributed by atoms with E-state index in [0.717, 1.165) is 32.0 Å². The van der Waals surface area contributed by atoms with E-state index in [1.807, 2.05) is 12.3 Å². The molecule has 144 valence electrons. The van der Waals surface area contributed by atoms with Crippen LogP contribution in [0.5, 0.6) is 5.75 Å². The Labute approximate surface area is 163 Å². The highest BCUT2D eigenvalue weighted by molar-refractivity contribution is 5.33. The maximum absolute atomic E-state index is 6.21. The lowest BCUT2D eigenvalue weighted by Crippen LogP contribution is -2.33. The van der Waals surface area contributed by atoms with Crippen LogP contribution in [0.15, 0.2) is 48.7 Å². The van der Waals surface area contributed by atoms with Crippen LogP contribution >= 0.6 is 0 Å². The van der Waals surface area contributed by atoms with Crippen molar-refractivity contribution in [2.75, 3.05) is 32.8 Å². The third-order valence-corrected chi connectivity index (χ3v) is 5.85. The van der Waals surface area contributed by atoms with Crippen LogP contribution in [0.3, 0.4) is 0 Å². The molecule has 0 unspecified atom stereocenters. The van der Waals surface area contributed by atoms with Gasteiger partial charge >= 0.3 is 0 Å². The third kappa shape index (κ3) is 4.88. The summed E-state index contributed by atoms with van der Waals surface area (Å²) in [5, 5.41) is 0. The van der Waals surface area contributed by atoms with Crippen molar-refractivity contribution in [3.05, 3.63) is 59.9 Å². The van der Waals surface area contributed by atoms with Crippen molar-refractivity contribution in [2.24, 2.45) is 0 Å². The number of nitrogens with zero attached hydrogens (tertiary/aromatic N) is 3. The number of likely N-dealkylation sites (tertiary alicyclic amines) is 2. The average Bonchev–Trinajstić information content (AvgIpc) is 3.19. The van der Waals surface area contributed by atoms with Gasteiger partial charge in [-0.2, -0.15) is 0 Å². The van der Waals surface area contributed by atoms with E-state index in [1.165, 1.54) is 56.5 Å². The monoisotopic (exact) mass is 365 g/mol. The zero-order valence-electron chi connectivity index (χ0n) is 16.2. The Balaban J connectivity index is 1.37. The van der Waals surface area contributed by atoms with Gasteiger partial charge in [-0.15, -0.1) is 0 Å². The Morgan fingerprint density at radius 1 is 0.926 bits per heavy atom. The number of hydrogen-bond donors (Lipinski definition) is 0. The Morgan fingerprint density at radius 2 is 1.78 bits per heavy atom. The van der Waals surface area contributed by atoms with E-state index in [9.17, 15) is 0 Å². The first kappa shape index (κ1) is 18.5. The summed E-state index contributed by atoms with van der Waals surface area (Å²) in [7, 11) is 0. The fourth-order valence-electron chi connectivity index (χ4n) is 4.39. The van der Waals surface area contributed by atoms with Crippen molar-refractivity contribution in [1.82, 2.24) is 14.8 Å². The van der Waals surface area contributed by atoms with Crippen molar-refractivity contribution in [2.45, 2.75) is 44.7 Å². The first-order valence-corrected chi connectivity index (χ1v) is 10.5. The minimum Gasteiger partial charge on any atom is -0.492 e. The highest BCUT2D eigenvalue weighted by Crippen LogP contribution is 2.33. The molecule has 2 saturated heterocycles. The summed E-state index contributed by atoms with van der Waals surface area (Å²) >= 11 is 0. The lowest BCUT2D eigenvalue weighted by atomic mass is 10.1. The second-order valence-corrected chi connectivity index (χ2v) is 7.74. The van der Waals surface area contributed by atoms with E-state index >= 15 is 0 Å². The first-order chi connectivity index (χ1) is 13.4. The van der Waals surface area contributed by atoms with Crippen LogP contribution in [0.2, 0.25) is 0 Å². The van der Waals surface area contributed by atoms with E-state index in [2.05, 4.69) is 51.2 Å². The van der Waals surface area contributed by atoms with Crippen LogP contribution < -0.4 is 4.74 Å². The lowest BCUT2D eigenvalue weighted by Gasteiger charge is -2.27. The van der Waals surface area contributed by atoms with E-state index < -0.39 is 0 Å². The normalized spacial score (nSPS) is 21.4. The molecule has 0 saturated carbocycles. The second kappa shape index (κ2) is 9.34. The molecule has 1 aromatic heterocycles. The molecule has 0 bridgehead atoms. The molecule has 2 fully saturated rings. The molecule has 2 aliphatic heterocycles. The van der Waals surface area contributed by atoms with Crippen LogP contribution in [0, 0.1) is 0 Å². The summed E-state index contributed by atoms with van der Waals surface area (Å²) in [6.45, 7) is 6.33. The highest BCUT2D eigenvalue weighted by atomic mass is 16.5. The fraction of sp³-hybridized carbons (Fsp3) is 0.522. The van der Waals surface area contributed by atoms with Gasteiger partial charge in [-0.1, -0.05) is 30.7 Å². The van der Waals surface area contributed by atoms with Crippen LogP contribution in [0.1, 0.15) is 49.4 Å². The van der Waals surface area contributed by atoms with Crippen molar-refractivity contribution in [1.29, 1.82) is 0 Å². The van der Waals surface area contributed by atoms with Gasteiger partial charge in [0.1, 0.15) is 12.4 Å². The Kier molecular flexibility index (Phi) is 6.38. The molecule has 3 heterocycles. The van der Waals surface area contributed by atoms with Gasteiger partial charge < -0.3 is 4.74 Å². The van der Waals surface area contributed by atoms with Crippen LogP contribution in [-0.4, -0.2) is 47.6 Å². The molecule has 4 rings (SSSR count). The minimum absolute atomic E-state index is 0.424. The number of piperidine rings is 1. The molecular formula is C23H31N3O. The van der Waals surface area contributed by atoms with Crippen LogP contribution in [-0.2, 0) is 6.54 Å². The SMILES string of the molecule is c1ccc([C@H]2CCCN2Cc2ccccc2OCCN2CCCCC2)nc1. The lowest BCUT2D eigenvalue weighted by molar-refractivity contribution is 0.180. The largest absolute Gasteiger partial charge is 0.492 e. The first-order valence-electron chi connectivity index (χ1n) is 10.5. The summed E-state index contributed by atoms with van der Waals surface area (Å²) in [5.41, 5.74) is 2.48. The molecule has 1 atom stereocenters. The molecule has 0 amide bonds. The molecule has 0 N–H and O–H groups in total. The molecule has 1 aromatic carbocycles. The van der Waals surface area contributed by atoms with E-state index in [-0.39, 0.29) is 0 Å². The predicted molar refractivity (Wildman–Crippen MR) is 109 cm³/mol. The van der Waals surface area contributed by atoms with Gasteiger partial charge in [0.2, 0.25) is 0 Å². The number of ether oxygens (including phenoxy) is 1. The Morgan fingerprint density at radius 3 is 2.63 bits per heavy atom. The molecule has 2 aliphatic rings. The van der Waals surface area contributed by atoms with Crippen molar-refractivity contribution >= 4 is 0 Å². The summed E-state index contributed by atoms with van der Waals surface area (Å²) in [6, 6.07) is 15.2. The summed E-state index contributed by atoms with van der Waals surface area (Å²) < 4.78 is 6.21. The summed E-state index contributed by atoms with van der Waals surface area (Å²) in [6.07, 6.45) is 8.38. The Bertz CT molecular complexity index is 700. The second-order valence-electron chi connectivity index (χ2n) is 7.74. The van der Waals surface area contributed by atoms with Gasteiger partial charge in [0.05, 0.1) is 11.7 Å². The molecule has 4 heteroatoms. The summed E-state index contributed by atoms with van der Waals surface area (Å²) in [4.78, 5) is 9.68. The summed E-state index contributed by atoms with van der Waals surface area (Å²) in [5.74, 6) is 1.04. The number of benzene rings is 1. The van der Waals surface area contributed by atoms with Gasteiger partial charge in [-0.25, -0.2) is 0 Å². The number of para-hydroxylation sites is 1. The molecule has 4 nitrogen and oxygen atoms in total. The zero-order chi connectivity index (χ0) is 18.3. The number of pyridine rings is 1. The molecule has 2 aromatic rings. The topological polar surface area (TPSA) is 28.6 Å². The van der Waals surface area contributed by atoms with Gasteiger partial charge in [0.25, 0.3) is 0 Å². The van der Waals surface area contributed by atoms with Crippen molar-refractivity contribution in [3.8, 4) is 5.75 Å². The van der Waals surface area contributed by atoms with Gasteiger partial charge in [-0.3, -0.25) is 14.8 Å². The molecule has 0 spiro atoms. The predicted octanol–water partition coefficient (Wildman–Crippen LogP) is 4.28. The molecule has 27 heavy (non-hydrogen) atoms. The van der Waals surface area contributed by atoms with Crippen molar-refractivity contribution in [3.63, 3.8) is 0 Å². The van der Waals surface area contributed by atoms with Crippen molar-refractivity contribution < 1.29 is 4.74 Å². The average molecular weight is 366 g/mol. The fourth-order valence-corrected chi connectivity index (χ4v) is 4.39. The zero-order valence-corrected chi connectivity index (χ0v) is 16.2. The maximum Gasteiger partial charge on any atom is 0.123 e. The number of rotatable bonds is 7. The van der Waals surface area contributed by atoms with E-state index in [0.29, 0.717) is 6.04 Å². The van der Waals surface area contributed by atoms with E-state index in [4.69, 9.17) is 4.74 Å². The number of hydrogen-bond acceptors (Lipinski definition) is 4. The smallest absolute Gasteiger partial charge is 0.123 e. The number of aromatic nitrogens is 1. The quantitative estimate of drug-likeness (QED) is 0.732. The van der Waals surface area contributed by atoms with E-state index in [1.54, 1.807) is 0 Å². The van der Waals surface area contributed by atoms with Gasteiger partial charge in [0.15, 0.2) is 0 Å². The minimum atomic E-state index is 0.424. The standard InChI is InChI=1S/C23H31N3O/c1-6-14-25(15-7-1)17-18-27-23-12-3-2-9-20(23)19-26-16-8-11-22(26)21-10-4-5-13-24-21/h2-5,9-10,12-13,22H,1,6-8,11,14-19H2/t22-/m1/s1. The van der Waals surface area contributed by atoms with Gasteiger partial charge in [0, 0.05) is 24.8 Å². The van der Waals surface area contributed by atoms with Crippen LogP contribution in [0.4, 0.5) is 0 Å². The van der Waals surface area contributed by atoms with Crippen LogP contribution in [0.25, 0.3) is 0 Å². The molecule has 0 aliphatic carbocycles. The highest BCUT2D eigenvalue weighted by Gasteiger charge is 2.27.